The second-order valence-electron chi connectivity index (χ2n) is 3.91. The maximum absolute atomic E-state index is 11.6. The van der Waals surface area contributed by atoms with Gasteiger partial charge in [-0.3, -0.25) is 25.0 Å². The molecule has 0 N–H and O–H groups in total. The molecule has 0 aliphatic rings. The zero-order valence-corrected chi connectivity index (χ0v) is 10.9. The minimum Gasteiger partial charge on any atom is -0.401 e. The largest absolute Gasteiger partial charge is 0.433 e. The molecule has 0 aromatic carbocycles. The molecule has 9 nitrogen and oxygen atoms in total. The van der Waals surface area contributed by atoms with Crippen LogP contribution in [0, 0.1) is 20.2 Å². The lowest BCUT2D eigenvalue weighted by atomic mass is 10.2. The smallest absolute Gasteiger partial charge is 0.401 e. The SMILES string of the molecule is O=C(C=CC=Cc1ccc([N+](=O)[O-])o1)c1ccc([N+](=O)[O-])o1. The van der Waals surface area contributed by atoms with E-state index in [0.29, 0.717) is 0 Å². The summed E-state index contributed by atoms with van der Waals surface area (Å²) in [5.41, 5.74) is 0. The number of nitrogens with zero attached hydrogens (tertiary/aromatic N) is 2. The van der Waals surface area contributed by atoms with E-state index in [1.54, 1.807) is 0 Å². The summed E-state index contributed by atoms with van der Waals surface area (Å²) in [6, 6.07) is 4.89. The Morgan fingerprint density at radius 1 is 0.955 bits per heavy atom. The molecule has 0 spiro atoms. The number of nitro groups is 2. The van der Waals surface area contributed by atoms with E-state index in [9.17, 15) is 25.0 Å². The van der Waals surface area contributed by atoms with Gasteiger partial charge >= 0.3 is 11.8 Å². The van der Waals surface area contributed by atoms with Gasteiger partial charge in [0.25, 0.3) is 0 Å². The van der Waals surface area contributed by atoms with Crippen molar-refractivity contribution >= 4 is 23.6 Å². The van der Waals surface area contributed by atoms with Crippen LogP contribution in [0.15, 0.2) is 51.3 Å². The highest BCUT2D eigenvalue weighted by Gasteiger charge is 2.15. The lowest BCUT2D eigenvalue weighted by Gasteiger charge is -1.86. The van der Waals surface area contributed by atoms with Crippen LogP contribution in [0.25, 0.3) is 6.08 Å². The third kappa shape index (κ3) is 3.54. The van der Waals surface area contributed by atoms with Crippen LogP contribution >= 0.6 is 0 Å². The van der Waals surface area contributed by atoms with Crippen molar-refractivity contribution in [2.75, 3.05) is 0 Å². The molecule has 0 atom stereocenters. The molecule has 112 valence electrons. The second kappa shape index (κ2) is 6.31. The topological polar surface area (TPSA) is 130 Å². The summed E-state index contributed by atoms with van der Waals surface area (Å²) in [5, 5.41) is 20.8. The fourth-order valence-corrected chi connectivity index (χ4v) is 1.46. The minimum absolute atomic E-state index is 0.162. The zero-order chi connectivity index (χ0) is 16.1. The van der Waals surface area contributed by atoms with E-state index >= 15 is 0 Å². The molecule has 0 aliphatic heterocycles. The molecule has 0 aliphatic carbocycles. The molecule has 2 aromatic heterocycles. The third-order valence-corrected chi connectivity index (χ3v) is 2.43. The van der Waals surface area contributed by atoms with Gasteiger partial charge in [-0.2, -0.15) is 0 Å². The molecule has 0 radical (unpaired) electrons. The van der Waals surface area contributed by atoms with Crippen LogP contribution in [-0.4, -0.2) is 15.6 Å². The lowest BCUT2D eigenvalue weighted by molar-refractivity contribution is -0.402. The van der Waals surface area contributed by atoms with Crippen LogP contribution in [0.4, 0.5) is 11.8 Å². The summed E-state index contributed by atoms with van der Waals surface area (Å²) in [7, 11) is 0. The number of carbonyl (C=O) groups excluding carboxylic acids is 1. The van der Waals surface area contributed by atoms with E-state index in [1.807, 2.05) is 0 Å². The summed E-state index contributed by atoms with van der Waals surface area (Å²) in [6.45, 7) is 0. The molecule has 0 saturated heterocycles. The highest BCUT2D eigenvalue weighted by molar-refractivity contribution is 6.02. The summed E-state index contributed by atoms with van der Waals surface area (Å²) in [6.07, 6.45) is 5.33. The summed E-state index contributed by atoms with van der Waals surface area (Å²) in [4.78, 5) is 31.1. The number of carbonyl (C=O) groups is 1. The summed E-state index contributed by atoms with van der Waals surface area (Å²) in [5.74, 6) is -1.37. The van der Waals surface area contributed by atoms with E-state index in [2.05, 4.69) is 0 Å². The van der Waals surface area contributed by atoms with Gasteiger partial charge in [0.1, 0.15) is 15.6 Å². The van der Waals surface area contributed by atoms with E-state index in [-0.39, 0.29) is 17.4 Å². The van der Waals surface area contributed by atoms with Crippen molar-refractivity contribution in [2.45, 2.75) is 0 Å². The second-order valence-corrected chi connectivity index (χ2v) is 3.91. The highest BCUT2D eigenvalue weighted by Crippen LogP contribution is 2.17. The fraction of sp³-hybridized carbons (Fsp3) is 0. The van der Waals surface area contributed by atoms with E-state index in [4.69, 9.17) is 8.83 Å². The number of hydrogen-bond donors (Lipinski definition) is 0. The predicted octanol–water partition coefficient (Wildman–Crippen LogP) is 3.14. The number of rotatable bonds is 6. The molecule has 2 heterocycles. The summed E-state index contributed by atoms with van der Waals surface area (Å²) < 4.78 is 9.60. The maximum Gasteiger partial charge on any atom is 0.433 e. The van der Waals surface area contributed by atoms with E-state index in [1.165, 1.54) is 36.4 Å². The molecule has 2 rings (SSSR count). The van der Waals surface area contributed by atoms with Gasteiger partial charge < -0.3 is 8.83 Å². The van der Waals surface area contributed by atoms with Crippen LogP contribution in [-0.2, 0) is 0 Å². The maximum atomic E-state index is 11.6. The van der Waals surface area contributed by atoms with Gasteiger partial charge in [0.05, 0.1) is 12.1 Å². The van der Waals surface area contributed by atoms with Gasteiger partial charge in [0, 0.05) is 0 Å². The van der Waals surface area contributed by atoms with Crippen LogP contribution in [0.3, 0.4) is 0 Å². The molecule has 0 saturated carbocycles. The monoisotopic (exact) mass is 304 g/mol. The van der Waals surface area contributed by atoms with Gasteiger partial charge in [-0.1, -0.05) is 12.2 Å². The van der Waals surface area contributed by atoms with Crippen molar-refractivity contribution in [1.29, 1.82) is 0 Å². The normalized spacial score (nSPS) is 11.3. The third-order valence-electron chi connectivity index (χ3n) is 2.43. The van der Waals surface area contributed by atoms with Crippen molar-refractivity contribution in [2.24, 2.45) is 0 Å². The van der Waals surface area contributed by atoms with E-state index in [0.717, 1.165) is 12.1 Å². The Labute approximate surface area is 122 Å². The van der Waals surface area contributed by atoms with Crippen LogP contribution in [0.2, 0.25) is 0 Å². The first-order chi connectivity index (χ1) is 10.5. The number of hydrogen-bond acceptors (Lipinski definition) is 7. The lowest BCUT2D eigenvalue weighted by Crippen LogP contribution is -1.90. The first-order valence-corrected chi connectivity index (χ1v) is 5.85. The van der Waals surface area contributed by atoms with Gasteiger partial charge in [-0.25, -0.2) is 0 Å². The highest BCUT2D eigenvalue weighted by atomic mass is 16.7. The Morgan fingerprint density at radius 2 is 1.59 bits per heavy atom. The molecule has 22 heavy (non-hydrogen) atoms. The number of furan rings is 2. The Hall–Kier alpha value is -3.49. The van der Waals surface area contributed by atoms with Gasteiger partial charge in [-0.05, 0) is 24.3 Å². The standard InChI is InChI=1S/C13H8N2O7/c16-10(11-6-8-13(22-11)15(19)20)4-2-1-3-9-5-7-12(21-9)14(17)18/h1-8H. The number of ketones is 1. The average molecular weight is 304 g/mol. The average Bonchev–Trinajstić information content (AvgIpc) is 3.12. The van der Waals surface area contributed by atoms with Crippen LogP contribution in [0.5, 0.6) is 0 Å². The molecule has 0 fully saturated rings. The Bertz CT molecular complexity index is 782. The molecule has 0 unspecified atom stereocenters. The molecule has 0 bridgehead atoms. The molecular weight excluding hydrogens is 296 g/mol. The van der Waals surface area contributed by atoms with Gasteiger partial charge in [0.15, 0.2) is 5.76 Å². The minimum atomic E-state index is -0.746. The first kappa shape index (κ1) is 14.9. The molecule has 9 heteroatoms. The molecule has 2 aromatic rings. The Balaban J connectivity index is 1.98. The Morgan fingerprint density at radius 3 is 2.18 bits per heavy atom. The Kier molecular flexibility index (Phi) is 4.27. The number of allylic oxidation sites excluding steroid dienone is 3. The summed E-state index contributed by atoms with van der Waals surface area (Å²) >= 11 is 0. The van der Waals surface area contributed by atoms with Crippen LogP contribution < -0.4 is 0 Å². The predicted molar refractivity (Wildman–Crippen MR) is 73.2 cm³/mol. The van der Waals surface area contributed by atoms with Crippen molar-refractivity contribution in [3.8, 4) is 0 Å². The van der Waals surface area contributed by atoms with E-state index < -0.39 is 21.5 Å². The van der Waals surface area contributed by atoms with Crippen LogP contribution in [0.1, 0.15) is 16.3 Å². The first-order valence-electron chi connectivity index (χ1n) is 5.85. The zero-order valence-electron chi connectivity index (χ0n) is 10.9. The van der Waals surface area contributed by atoms with Gasteiger partial charge in [-0.15, -0.1) is 0 Å². The quantitative estimate of drug-likeness (QED) is 0.263. The van der Waals surface area contributed by atoms with Gasteiger partial charge in [0.2, 0.25) is 5.78 Å². The molecular formula is C13H8N2O7. The van der Waals surface area contributed by atoms with Crippen molar-refractivity contribution in [3.63, 3.8) is 0 Å². The van der Waals surface area contributed by atoms with Crippen molar-refractivity contribution in [3.05, 3.63) is 74.2 Å². The van der Waals surface area contributed by atoms with Crippen molar-refractivity contribution in [1.82, 2.24) is 0 Å². The molecule has 0 amide bonds. The fourth-order valence-electron chi connectivity index (χ4n) is 1.46. The van der Waals surface area contributed by atoms with Crippen molar-refractivity contribution < 1.29 is 23.5 Å².